The Hall–Kier alpha value is -2.74. The number of nitrogens with one attached hydrogen (secondary N) is 2. The van der Waals surface area contributed by atoms with Gasteiger partial charge in [0.2, 0.25) is 0 Å². The van der Waals surface area contributed by atoms with Crippen LogP contribution < -0.4 is 10.6 Å². The molecule has 2 aromatic carbocycles. The van der Waals surface area contributed by atoms with E-state index < -0.39 is 17.8 Å². The van der Waals surface area contributed by atoms with E-state index in [0.29, 0.717) is 11.1 Å². The number of aliphatic hydroxyl groups excluding tert-OH is 1. The lowest BCUT2D eigenvalue weighted by molar-refractivity contribution is -0.0464. The van der Waals surface area contributed by atoms with Crippen LogP contribution in [-0.4, -0.2) is 59.5 Å². The Morgan fingerprint density at radius 1 is 0.963 bits per heavy atom. The normalized spacial score (nSPS) is 24.4. The SMILES string of the molecule is O=C(NCC1OC[C@@](O)(CNC(=O)c2ccccc2)[C@@H]1O)c1ccccc1. The quantitative estimate of drug-likeness (QED) is 0.586. The molecule has 7 nitrogen and oxygen atoms in total. The lowest BCUT2D eigenvalue weighted by atomic mass is 9.96. The summed E-state index contributed by atoms with van der Waals surface area (Å²) < 4.78 is 5.44. The minimum atomic E-state index is -1.62. The number of benzene rings is 2. The molecule has 0 bridgehead atoms. The van der Waals surface area contributed by atoms with Gasteiger partial charge in [0.1, 0.15) is 17.8 Å². The molecule has 4 N–H and O–H groups in total. The van der Waals surface area contributed by atoms with Crippen LogP contribution in [-0.2, 0) is 4.74 Å². The van der Waals surface area contributed by atoms with E-state index in [1.807, 2.05) is 6.07 Å². The molecule has 2 amide bonds. The molecule has 1 saturated heterocycles. The van der Waals surface area contributed by atoms with Crippen LogP contribution in [0.25, 0.3) is 0 Å². The summed E-state index contributed by atoms with van der Waals surface area (Å²) in [5.74, 6) is -0.642. The van der Waals surface area contributed by atoms with Gasteiger partial charge in [0.25, 0.3) is 11.8 Å². The highest BCUT2D eigenvalue weighted by Crippen LogP contribution is 2.24. The van der Waals surface area contributed by atoms with Crippen molar-refractivity contribution >= 4 is 11.8 Å². The topological polar surface area (TPSA) is 108 Å². The van der Waals surface area contributed by atoms with Crippen LogP contribution in [0.3, 0.4) is 0 Å². The number of amides is 2. The molecule has 142 valence electrons. The van der Waals surface area contributed by atoms with Gasteiger partial charge in [0, 0.05) is 17.7 Å². The summed E-state index contributed by atoms with van der Waals surface area (Å²) in [5, 5.41) is 26.3. The zero-order chi connectivity index (χ0) is 19.3. The molecule has 27 heavy (non-hydrogen) atoms. The summed E-state index contributed by atoms with van der Waals surface area (Å²) in [4.78, 5) is 24.2. The number of carbonyl (C=O) groups is 2. The van der Waals surface area contributed by atoms with Gasteiger partial charge in [-0.3, -0.25) is 9.59 Å². The van der Waals surface area contributed by atoms with Crippen LogP contribution in [0.1, 0.15) is 20.7 Å². The first-order valence-electron chi connectivity index (χ1n) is 8.68. The molecule has 1 aliphatic heterocycles. The highest BCUT2D eigenvalue weighted by atomic mass is 16.5. The Kier molecular flexibility index (Phi) is 5.85. The molecule has 3 rings (SSSR count). The van der Waals surface area contributed by atoms with E-state index in [2.05, 4.69) is 10.6 Å². The molecule has 0 aliphatic carbocycles. The zero-order valence-corrected chi connectivity index (χ0v) is 14.7. The van der Waals surface area contributed by atoms with Crippen LogP contribution in [0, 0.1) is 0 Å². The largest absolute Gasteiger partial charge is 0.387 e. The molecule has 1 heterocycles. The predicted molar refractivity (Wildman–Crippen MR) is 98.2 cm³/mol. The Balaban J connectivity index is 1.51. The summed E-state index contributed by atoms with van der Waals surface area (Å²) in [6.45, 7) is -0.260. The fraction of sp³-hybridized carbons (Fsp3) is 0.300. The molecule has 2 aromatic rings. The average molecular weight is 370 g/mol. The van der Waals surface area contributed by atoms with E-state index in [1.165, 1.54) is 0 Å². The second kappa shape index (κ2) is 8.30. The second-order valence-corrected chi connectivity index (χ2v) is 6.52. The Bertz CT molecular complexity index is 783. The molecular weight excluding hydrogens is 348 g/mol. The maximum absolute atomic E-state index is 12.1. The van der Waals surface area contributed by atoms with E-state index in [4.69, 9.17) is 4.74 Å². The van der Waals surface area contributed by atoms with Crippen molar-refractivity contribution in [1.29, 1.82) is 0 Å². The van der Waals surface area contributed by atoms with Crippen molar-refractivity contribution < 1.29 is 24.5 Å². The molecule has 1 unspecified atom stereocenters. The molecule has 7 heteroatoms. The fourth-order valence-electron chi connectivity index (χ4n) is 2.91. The zero-order valence-electron chi connectivity index (χ0n) is 14.7. The number of carbonyl (C=O) groups excluding carboxylic acids is 2. The third-order valence-corrected chi connectivity index (χ3v) is 4.54. The van der Waals surface area contributed by atoms with E-state index in [-0.39, 0.29) is 31.5 Å². The van der Waals surface area contributed by atoms with Gasteiger partial charge in [-0.1, -0.05) is 36.4 Å². The lowest BCUT2D eigenvalue weighted by Crippen LogP contribution is -2.53. The van der Waals surface area contributed by atoms with Crippen LogP contribution >= 0.6 is 0 Å². The van der Waals surface area contributed by atoms with E-state index in [1.54, 1.807) is 54.6 Å². The number of hydrogen-bond acceptors (Lipinski definition) is 5. The lowest BCUT2D eigenvalue weighted by Gasteiger charge is -2.26. The number of rotatable bonds is 6. The molecular formula is C20H22N2O5. The van der Waals surface area contributed by atoms with Gasteiger partial charge in [-0.05, 0) is 24.3 Å². The average Bonchev–Trinajstić information content (AvgIpc) is 3.00. The number of ether oxygens (including phenoxy) is 1. The van der Waals surface area contributed by atoms with Gasteiger partial charge < -0.3 is 25.6 Å². The Morgan fingerprint density at radius 3 is 2.04 bits per heavy atom. The van der Waals surface area contributed by atoms with Crippen molar-refractivity contribution in [3.8, 4) is 0 Å². The second-order valence-electron chi connectivity index (χ2n) is 6.52. The molecule has 3 atom stereocenters. The molecule has 1 aliphatic rings. The van der Waals surface area contributed by atoms with Gasteiger partial charge in [0.05, 0.1) is 13.2 Å². The van der Waals surface area contributed by atoms with Crippen LogP contribution in [0.2, 0.25) is 0 Å². The fourth-order valence-corrected chi connectivity index (χ4v) is 2.91. The first kappa shape index (κ1) is 19.0. The molecule has 0 spiro atoms. The van der Waals surface area contributed by atoms with Crippen LogP contribution in [0.4, 0.5) is 0 Å². The molecule has 0 radical (unpaired) electrons. The highest BCUT2D eigenvalue weighted by Gasteiger charge is 2.48. The monoisotopic (exact) mass is 370 g/mol. The van der Waals surface area contributed by atoms with E-state index in [0.717, 1.165) is 0 Å². The summed E-state index contributed by atoms with van der Waals surface area (Å²) in [5.41, 5.74) is -0.663. The summed E-state index contributed by atoms with van der Waals surface area (Å²) in [6.07, 6.45) is -2.01. The van der Waals surface area contributed by atoms with E-state index in [9.17, 15) is 19.8 Å². The van der Waals surface area contributed by atoms with Gasteiger partial charge in [-0.15, -0.1) is 0 Å². The van der Waals surface area contributed by atoms with Crippen molar-refractivity contribution in [1.82, 2.24) is 10.6 Å². The number of aliphatic hydroxyl groups is 2. The molecule has 0 aromatic heterocycles. The van der Waals surface area contributed by atoms with Crippen molar-refractivity contribution in [2.24, 2.45) is 0 Å². The summed E-state index contributed by atoms with van der Waals surface area (Å²) in [7, 11) is 0. The minimum absolute atomic E-state index is 0.0455. The predicted octanol–water partition coefficient (Wildman–Crippen LogP) is 0.337. The summed E-state index contributed by atoms with van der Waals surface area (Å²) in [6, 6.07) is 17.3. The van der Waals surface area contributed by atoms with Crippen LogP contribution in [0.5, 0.6) is 0 Å². The molecule has 1 fully saturated rings. The van der Waals surface area contributed by atoms with Crippen molar-refractivity contribution in [2.75, 3.05) is 19.7 Å². The van der Waals surface area contributed by atoms with E-state index >= 15 is 0 Å². The van der Waals surface area contributed by atoms with Gasteiger partial charge in [-0.2, -0.15) is 0 Å². The maximum atomic E-state index is 12.1. The minimum Gasteiger partial charge on any atom is -0.387 e. The number of hydrogen-bond donors (Lipinski definition) is 4. The first-order valence-corrected chi connectivity index (χ1v) is 8.68. The van der Waals surface area contributed by atoms with Crippen molar-refractivity contribution in [3.63, 3.8) is 0 Å². The van der Waals surface area contributed by atoms with Crippen molar-refractivity contribution in [2.45, 2.75) is 17.8 Å². The molecule has 0 saturated carbocycles. The van der Waals surface area contributed by atoms with Gasteiger partial charge in [0.15, 0.2) is 0 Å². The highest BCUT2D eigenvalue weighted by molar-refractivity contribution is 5.94. The van der Waals surface area contributed by atoms with Crippen molar-refractivity contribution in [3.05, 3.63) is 71.8 Å². The third-order valence-electron chi connectivity index (χ3n) is 4.54. The van der Waals surface area contributed by atoms with Crippen LogP contribution in [0.15, 0.2) is 60.7 Å². The Labute approximate surface area is 157 Å². The third kappa shape index (κ3) is 4.51. The Morgan fingerprint density at radius 2 is 1.48 bits per heavy atom. The standard InChI is InChI=1S/C20H22N2O5/c23-17-16(11-21-18(24)14-7-3-1-4-8-14)27-13-20(17,26)12-22-19(25)15-9-5-2-6-10-15/h1-10,16-17,23,26H,11-13H2,(H,21,24)(H,22,25)/t16?,17-,20+/m1/s1. The first-order chi connectivity index (χ1) is 13.0. The van der Waals surface area contributed by atoms with Gasteiger partial charge >= 0.3 is 0 Å². The van der Waals surface area contributed by atoms with Gasteiger partial charge in [-0.25, -0.2) is 0 Å². The smallest absolute Gasteiger partial charge is 0.251 e. The maximum Gasteiger partial charge on any atom is 0.251 e. The summed E-state index contributed by atoms with van der Waals surface area (Å²) >= 11 is 0.